The van der Waals surface area contributed by atoms with E-state index in [1.807, 2.05) is 0 Å². The van der Waals surface area contributed by atoms with Crippen LogP contribution in [0.15, 0.2) is 4.99 Å². The highest BCUT2D eigenvalue weighted by Gasteiger charge is 2.17. The van der Waals surface area contributed by atoms with E-state index in [1.54, 1.807) is 0 Å². The second-order valence-corrected chi connectivity index (χ2v) is 5.63. The third kappa shape index (κ3) is 5.38. The minimum atomic E-state index is 0.580. The summed E-state index contributed by atoms with van der Waals surface area (Å²) in [5, 5.41) is 3.25. The van der Waals surface area contributed by atoms with Gasteiger partial charge in [-0.1, -0.05) is 33.6 Å². The largest absolute Gasteiger partial charge is 0.370 e. The number of aliphatic imine (C=N–C) groups is 1. The summed E-state index contributed by atoms with van der Waals surface area (Å²) in [5.41, 5.74) is 5.81. The van der Waals surface area contributed by atoms with Gasteiger partial charge in [0, 0.05) is 13.1 Å². The molecule has 0 aliphatic heterocycles. The van der Waals surface area contributed by atoms with Gasteiger partial charge in [-0.15, -0.1) is 0 Å². The van der Waals surface area contributed by atoms with Crippen molar-refractivity contribution in [1.29, 1.82) is 0 Å². The smallest absolute Gasteiger partial charge is 0.188 e. The molecule has 0 saturated heterocycles. The van der Waals surface area contributed by atoms with Crippen LogP contribution in [0.1, 0.15) is 46.5 Å². The van der Waals surface area contributed by atoms with Crippen LogP contribution in [-0.2, 0) is 0 Å². The monoisotopic (exact) mass is 225 g/mol. The van der Waals surface area contributed by atoms with Crippen LogP contribution in [0.4, 0.5) is 0 Å². The minimum Gasteiger partial charge on any atom is -0.370 e. The van der Waals surface area contributed by atoms with E-state index in [0.29, 0.717) is 11.9 Å². The first kappa shape index (κ1) is 13.3. The lowest BCUT2D eigenvalue weighted by Crippen LogP contribution is -2.36. The van der Waals surface area contributed by atoms with Crippen molar-refractivity contribution in [3.8, 4) is 0 Å². The van der Waals surface area contributed by atoms with Crippen molar-refractivity contribution >= 4 is 5.96 Å². The highest BCUT2D eigenvalue weighted by atomic mass is 15.1. The van der Waals surface area contributed by atoms with E-state index in [2.05, 4.69) is 31.1 Å². The average Bonchev–Trinajstić information content (AvgIpc) is 2.25. The summed E-state index contributed by atoms with van der Waals surface area (Å²) in [6.07, 6.45) is 5.42. The highest BCUT2D eigenvalue weighted by Crippen LogP contribution is 2.27. The molecule has 3 N–H and O–H groups in total. The standard InChI is InChI=1S/C13H27N3/c1-10(2)8-15-13(14)16-9-12-6-4-11(3)5-7-12/h10-12H,4-9H2,1-3H3,(H3,14,15,16). The Labute approximate surface area is 99.9 Å². The molecular formula is C13H27N3. The van der Waals surface area contributed by atoms with Gasteiger partial charge < -0.3 is 11.1 Å². The van der Waals surface area contributed by atoms with Crippen molar-refractivity contribution in [2.45, 2.75) is 46.5 Å². The second-order valence-electron chi connectivity index (χ2n) is 5.63. The van der Waals surface area contributed by atoms with E-state index < -0.39 is 0 Å². The molecular weight excluding hydrogens is 198 g/mol. The van der Waals surface area contributed by atoms with Crippen LogP contribution in [0.3, 0.4) is 0 Å². The lowest BCUT2D eigenvalue weighted by Gasteiger charge is -2.26. The van der Waals surface area contributed by atoms with Gasteiger partial charge in [0.25, 0.3) is 0 Å². The SMILES string of the molecule is CC(C)CN=C(N)NCC1CCC(C)CC1. The molecule has 0 bridgehead atoms. The highest BCUT2D eigenvalue weighted by molar-refractivity contribution is 5.77. The van der Waals surface area contributed by atoms with Crippen molar-refractivity contribution in [2.75, 3.05) is 13.1 Å². The predicted molar refractivity (Wildman–Crippen MR) is 70.5 cm³/mol. The summed E-state index contributed by atoms with van der Waals surface area (Å²) in [6.45, 7) is 8.47. The van der Waals surface area contributed by atoms with Gasteiger partial charge in [-0.3, -0.25) is 4.99 Å². The number of nitrogens with zero attached hydrogens (tertiary/aromatic N) is 1. The molecule has 1 aliphatic carbocycles. The van der Waals surface area contributed by atoms with Gasteiger partial charge in [0.05, 0.1) is 0 Å². The Balaban J connectivity index is 2.16. The van der Waals surface area contributed by atoms with E-state index in [-0.39, 0.29) is 0 Å². The van der Waals surface area contributed by atoms with Crippen molar-refractivity contribution in [2.24, 2.45) is 28.5 Å². The molecule has 0 aromatic heterocycles. The molecule has 0 aromatic carbocycles. The van der Waals surface area contributed by atoms with Gasteiger partial charge in [-0.2, -0.15) is 0 Å². The molecule has 0 spiro atoms. The molecule has 1 saturated carbocycles. The molecule has 3 nitrogen and oxygen atoms in total. The van der Waals surface area contributed by atoms with Gasteiger partial charge in [0.15, 0.2) is 5.96 Å². The molecule has 1 rings (SSSR count). The predicted octanol–water partition coefficient (Wildman–Crippen LogP) is 2.37. The fourth-order valence-corrected chi connectivity index (χ4v) is 2.12. The number of rotatable bonds is 4. The zero-order chi connectivity index (χ0) is 12.0. The zero-order valence-electron chi connectivity index (χ0n) is 11.0. The van der Waals surface area contributed by atoms with Crippen molar-refractivity contribution < 1.29 is 0 Å². The molecule has 3 heteroatoms. The molecule has 0 radical (unpaired) electrons. The molecule has 94 valence electrons. The first-order chi connectivity index (χ1) is 7.58. The quantitative estimate of drug-likeness (QED) is 0.570. The first-order valence-electron chi connectivity index (χ1n) is 6.61. The summed E-state index contributed by atoms with van der Waals surface area (Å²) in [7, 11) is 0. The second kappa shape index (κ2) is 6.77. The van der Waals surface area contributed by atoms with Crippen LogP contribution in [0.5, 0.6) is 0 Å². The van der Waals surface area contributed by atoms with Crippen molar-refractivity contribution in [1.82, 2.24) is 5.32 Å². The molecule has 1 aliphatic rings. The Hall–Kier alpha value is -0.730. The molecule has 0 unspecified atom stereocenters. The maximum Gasteiger partial charge on any atom is 0.188 e. The van der Waals surface area contributed by atoms with Gasteiger partial charge in [-0.25, -0.2) is 0 Å². The third-order valence-corrected chi connectivity index (χ3v) is 3.33. The molecule has 0 heterocycles. The normalized spacial score (nSPS) is 27.1. The summed E-state index contributed by atoms with van der Waals surface area (Å²) < 4.78 is 0. The lowest BCUT2D eigenvalue weighted by molar-refractivity contribution is 0.290. The third-order valence-electron chi connectivity index (χ3n) is 3.33. The van der Waals surface area contributed by atoms with Crippen LogP contribution < -0.4 is 11.1 Å². The first-order valence-corrected chi connectivity index (χ1v) is 6.61. The van der Waals surface area contributed by atoms with Crippen molar-refractivity contribution in [3.63, 3.8) is 0 Å². The van der Waals surface area contributed by atoms with Gasteiger partial charge in [-0.05, 0) is 30.6 Å². The Morgan fingerprint density at radius 3 is 2.50 bits per heavy atom. The Morgan fingerprint density at radius 1 is 1.31 bits per heavy atom. The van der Waals surface area contributed by atoms with Gasteiger partial charge >= 0.3 is 0 Å². The van der Waals surface area contributed by atoms with Crippen molar-refractivity contribution in [3.05, 3.63) is 0 Å². The molecule has 16 heavy (non-hydrogen) atoms. The number of guanidine groups is 1. The fourth-order valence-electron chi connectivity index (χ4n) is 2.12. The Kier molecular flexibility index (Phi) is 5.64. The lowest BCUT2D eigenvalue weighted by atomic mass is 9.83. The number of nitrogens with two attached hydrogens (primary N) is 1. The van der Waals surface area contributed by atoms with Gasteiger partial charge in [0.1, 0.15) is 0 Å². The van der Waals surface area contributed by atoms with Crippen LogP contribution in [0, 0.1) is 17.8 Å². The van der Waals surface area contributed by atoms with E-state index in [1.165, 1.54) is 25.7 Å². The Morgan fingerprint density at radius 2 is 1.94 bits per heavy atom. The van der Waals surface area contributed by atoms with E-state index in [4.69, 9.17) is 5.73 Å². The van der Waals surface area contributed by atoms with Gasteiger partial charge in [0.2, 0.25) is 0 Å². The number of hydrogen-bond acceptors (Lipinski definition) is 1. The molecule has 1 fully saturated rings. The maximum atomic E-state index is 5.81. The fraction of sp³-hybridized carbons (Fsp3) is 0.923. The van der Waals surface area contributed by atoms with E-state index in [0.717, 1.165) is 24.9 Å². The van der Waals surface area contributed by atoms with Crippen LogP contribution in [-0.4, -0.2) is 19.0 Å². The zero-order valence-corrected chi connectivity index (χ0v) is 11.0. The number of nitrogens with one attached hydrogen (secondary N) is 1. The van der Waals surface area contributed by atoms with Crippen LogP contribution in [0.25, 0.3) is 0 Å². The average molecular weight is 225 g/mol. The van der Waals surface area contributed by atoms with E-state index in [9.17, 15) is 0 Å². The molecule has 0 aromatic rings. The molecule has 0 atom stereocenters. The number of hydrogen-bond donors (Lipinski definition) is 2. The minimum absolute atomic E-state index is 0.580. The maximum absolute atomic E-state index is 5.81. The van der Waals surface area contributed by atoms with Crippen LogP contribution >= 0.6 is 0 Å². The summed E-state index contributed by atoms with van der Waals surface area (Å²) in [4.78, 5) is 4.31. The molecule has 0 amide bonds. The van der Waals surface area contributed by atoms with E-state index >= 15 is 0 Å². The summed E-state index contributed by atoms with van der Waals surface area (Å²) in [5.74, 6) is 2.91. The summed E-state index contributed by atoms with van der Waals surface area (Å²) in [6, 6.07) is 0. The summed E-state index contributed by atoms with van der Waals surface area (Å²) >= 11 is 0. The topological polar surface area (TPSA) is 50.4 Å². The van der Waals surface area contributed by atoms with Crippen LogP contribution in [0.2, 0.25) is 0 Å². The Bertz CT molecular complexity index is 215.